The van der Waals surface area contributed by atoms with Crippen LogP contribution in [0.3, 0.4) is 0 Å². The molecule has 3 aromatic carbocycles. The monoisotopic (exact) mass is 381 g/mol. The highest BCUT2D eigenvalue weighted by molar-refractivity contribution is 5.85. The summed E-state index contributed by atoms with van der Waals surface area (Å²) in [7, 11) is 0. The highest BCUT2D eigenvalue weighted by Gasteiger charge is 2.03. The zero-order valence-corrected chi connectivity index (χ0v) is 16.1. The Morgan fingerprint density at radius 1 is 0.778 bits per heavy atom. The van der Waals surface area contributed by atoms with Gasteiger partial charge in [0.05, 0.1) is 0 Å². The van der Waals surface area contributed by atoms with Gasteiger partial charge in [0.1, 0.15) is 5.82 Å². The smallest absolute Gasteiger partial charge is 0.123 e. The van der Waals surface area contributed by atoms with Crippen LogP contribution < -0.4 is 5.32 Å². The van der Waals surface area contributed by atoms with Crippen molar-refractivity contribution < 1.29 is 4.39 Å². The molecule has 0 aromatic heterocycles. The van der Waals surface area contributed by atoms with Crippen molar-refractivity contribution >= 4 is 18.0 Å². The van der Waals surface area contributed by atoms with E-state index in [2.05, 4.69) is 59.9 Å². The Hall–Kier alpha value is -2.42. The summed E-state index contributed by atoms with van der Waals surface area (Å²) in [6.07, 6.45) is 4.39. The lowest BCUT2D eigenvalue weighted by atomic mass is 9.96. The van der Waals surface area contributed by atoms with Crippen LogP contribution in [0.1, 0.15) is 29.5 Å². The summed E-state index contributed by atoms with van der Waals surface area (Å²) in [5, 5.41) is 3.42. The molecule has 0 bridgehead atoms. The number of unbranched alkanes of at least 4 members (excludes halogenated alkanes) is 1. The van der Waals surface area contributed by atoms with E-state index in [1.807, 2.05) is 24.3 Å². The maximum Gasteiger partial charge on any atom is 0.123 e. The van der Waals surface area contributed by atoms with E-state index in [0.29, 0.717) is 0 Å². The number of rotatable bonds is 8. The molecule has 27 heavy (non-hydrogen) atoms. The fourth-order valence-corrected chi connectivity index (χ4v) is 2.95. The van der Waals surface area contributed by atoms with Crippen molar-refractivity contribution in [1.82, 2.24) is 5.32 Å². The van der Waals surface area contributed by atoms with Crippen molar-refractivity contribution in [1.29, 1.82) is 0 Å². The average molecular weight is 382 g/mol. The summed E-state index contributed by atoms with van der Waals surface area (Å²) in [6.45, 7) is 1.71. The Bertz CT molecular complexity index is 773. The molecule has 0 aliphatic heterocycles. The molecule has 1 N–H and O–H groups in total. The predicted molar refractivity (Wildman–Crippen MR) is 115 cm³/mol. The lowest BCUT2D eigenvalue weighted by Crippen LogP contribution is -2.14. The van der Waals surface area contributed by atoms with Crippen LogP contribution in [-0.2, 0) is 6.54 Å². The van der Waals surface area contributed by atoms with Gasteiger partial charge in [-0.1, -0.05) is 78.9 Å². The highest BCUT2D eigenvalue weighted by Crippen LogP contribution is 2.23. The van der Waals surface area contributed by atoms with Crippen LogP contribution in [0, 0.1) is 5.82 Å². The summed E-state index contributed by atoms with van der Waals surface area (Å²) in [4.78, 5) is 0. The van der Waals surface area contributed by atoms with Crippen molar-refractivity contribution in [3.63, 3.8) is 0 Å². The van der Waals surface area contributed by atoms with Gasteiger partial charge in [0.15, 0.2) is 0 Å². The highest BCUT2D eigenvalue weighted by atomic mass is 35.5. The normalized spacial score (nSPS) is 10.1. The van der Waals surface area contributed by atoms with Gasteiger partial charge in [-0.25, -0.2) is 4.39 Å². The second kappa shape index (κ2) is 11.3. The van der Waals surface area contributed by atoms with Crippen LogP contribution in [0.2, 0.25) is 0 Å². The zero-order chi connectivity index (χ0) is 18.0. The molecule has 0 saturated heterocycles. The maximum absolute atomic E-state index is 12.9. The van der Waals surface area contributed by atoms with Crippen molar-refractivity contribution in [3.05, 3.63) is 114 Å². The van der Waals surface area contributed by atoms with E-state index in [1.165, 1.54) is 28.8 Å². The average Bonchev–Trinajstić information content (AvgIpc) is 2.70. The lowest BCUT2D eigenvalue weighted by Gasteiger charge is -2.09. The SMILES string of the molecule is Cl.Fc1ccc(CNCCCC=C(c2ccccc2)c2ccccc2)cc1. The van der Waals surface area contributed by atoms with E-state index in [4.69, 9.17) is 0 Å². The standard InChI is InChI=1S/C24H24FN.ClH/c25-23-16-14-20(15-17-23)19-26-18-8-7-13-24(21-9-3-1-4-10-21)22-11-5-2-6-12-22;/h1-6,9-17,26H,7-8,18-19H2;1H. The molecule has 0 radical (unpaired) electrons. The Morgan fingerprint density at radius 3 is 1.89 bits per heavy atom. The first-order valence-electron chi connectivity index (χ1n) is 9.09. The van der Waals surface area contributed by atoms with Crippen LogP contribution in [-0.4, -0.2) is 6.54 Å². The third-order valence-electron chi connectivity index (χ3n) is 4.32. The van der Waals surface area contributed by atoms with Gasteiger partial charge >= 0.3 is 0 Å². The van der Waals surface area contributed by atoms with E-state index in [9.17, 15) is 4.39 Å². The molecule has 3 heteroatoms. The molecule has 0 amide bonds. The second-order valence-corrected chi connectivity index (χ2v) is 6.30. The molecule has 0 aliphatic carbocycles. The van der Waals surface area contributed by atoms with Gasteiger partial charge in [-0.15, -0.1) is 12.4 Å². The molecule has 3 aromatic rings. The van der Waals surface area contributed by atoms with Crippen molar-refractivity contribution in [2.45, 2.75) is 19.4 Å². The summed E-state index contributed by atoms with van der Waals surface area (Å²) in [6, 6.07) is 27.7. The van der Waals surface area contributed by atoms with Crippen LogP contribution >= 0.6 is 12.4 Å². The summed E-state index contributed by atoms with van der Waals surface area (Å²) in [5.74, 6) is -0.187. The fourth-order valence-electron chi connectivity index (χ4n) is 2.95. The quantitative estimate of drug-likeness (QED) is 0.455. The molecule has 0 atom stereocenters. The van der Waals surface area contributed by atoms with Crippen LogP contribution in [0.5, 0.6) is 0 Å². The predicted octanol–water partition coefficient (Wildman–Crippen LogP) is 6.25. The first kappa shape index (κ1) is 20.9. The van der Waals surface area contributed by atoms with Crippen LogP contribution in [0.25, 0.3) is 5.57 Å². The molecule has 0 fully saturated rings. The second-order valence-electron chi connectivity index (χ2n) is 6.30. The fraction of sp³-hybridized carbons (Fsp3) is 0.167. The van der Waals surface area contributed by atoms with Crippen molar-refractivity contribution in [3.8, 4) is 0 Å². The van der Waals surface area contributed by atoms with Gasteiger partial charge < -0.3 is 5.32 Å². The van der Waals surface area contributed by atoms with E-state index >= 15 is 0 Å². The summed E-state index contributed by atoms with van der Waals surface area (Å²) < 4.78 is 12.9. The Labute approximate surface area is 167 Å². The van der Waals surface area contributed by atoms with Gasteiger partial charge in [-0.2, -0.15) is 0 Å². The van der Waals surface area contributed by atoms with E-state index < -0.39 is 0 Å². The van der Waals surface area contributed by atoms with Gasteiger partial charge in [0.2, 0.25) is 0 Å². The number of halogens is 2. The molecule has 140 valence electrons. The maximum atomic E-state index is 12.9. The molecule has 0 aliphatic rings. The Kier molecular flexibility index (Phi) is 8.76. The topological polar surface area (TPSA) is 12.0 Å². The molecule has 0 unspecified atom stereocenters. The van der Waals surface area contributed by atoms with Gasteiger partial charge in [-0.05, 0) is 53.8 Å². The third-order valence-corrected chi connectivity index (χ3v) is 4.32. The Balaban J connectivity index is 0.00000261. The van der Waals surface area contributed by atoms with Gasteiger partial charge in [0, 0.05) is 6.54 Å². The molecule has 3 rings (SSSR count). The molecular weight excluding hydrogens is 357 g/mol. The van der Waals surface area contributed by atoms with E-state index in [1.54, 1.807) is 0 Å². The van der Waals surface area contributed by atoms with Crippen LogP contribution in [0.4, 0.5) is 4.39 Å². The third kappa shape index (κ3) is 6.67. The van der Waals surface area contributed by atoms with Crippen molar-refractivity contribution in [2.24, 2.45) is 0 Å². The largest absolute Gasteiger partial charge is 0.313 e. The van der Waals surface area contributed by atoms with E-state index in [0.717, 1.165) is 31.5 Å². The number of nitrogens with one attached hydrogen (secondary N) is 1. The molecular formula is C24H25ClFN. The van der Waals surface area contributed by atoms with Gasteiger partial charge in [0.25, 0.3) is 0 Å². The van der Waals surface area contributed by atoms with Crippen LogP contribution in [0.15, 0.2) is 91.0 Å². The van der Waals surface area contributed by atoms with Gasteiger partial charge in [-0.3, -0.25) is 0 Å². The minimum atomic E-state index is -0.187. The number of hydrogen-bond acceptors (Lipinski definition) is 1. The molecule has 0 heterocycles. The number of allylic oxidation sites excluding steroid dienone is 1. The summed E-state index contributed by atoms with van der Waals surface area (Å²) in [5.41, 5.74) is 4.89. The molecule has 0 saturated carbocycles. The summed E-state index contributed by atoms with van der Waals surface area (Å²) >= 11 is 0. The molecule has 1 nitrogen and oxygen atoms in total. The first-order chi connectivity index (χ1) is 12.8. The zero-order valence-electron chi connectivity index (χ0n) is 15.3. The lowest BCUT2D eigenvalue weighted by molar-refractivity contribution is 0.623. The van der Waals surface area contributed by atoms with E-state index in [-0.39, 0.29) is 18.2 Å². The molecule has 0 spiro atoms. The first-order valence-corrected chi connectivity index (χ1v) is 9.09. The minimum absolute atomic E-state index is 0. The number of hydrogen-bond donors (Lipinski definition) is 1. The van der Waals surface area contributed by atoms with Crippen molar-refractivity contribution in [2.75, 3.05) is 6.54 Å². The minimum Gasteiger partial charge on any atom is -0.313 e. The Morgan fingerprint density at radius 2 is 1.33 bits per heavy atom. The number of benzene rings is 3.